The maximum atomic E-state index is 14.4. The molecule has 2 aromatic rings. The lowest BCUT2D eigenvalue weighted by Crippen LogP contribution is -2.44. The van der Waals surface area contributed by atoms with Crippen LogP contribution in [0.3, 0.4) is 0 Å². The van der Waals surface area contributed by atoms with Gasteiger partial charge in [0.25, 0.3) is 0 Å². The Labute approximate surface area is 140 Å². The average Bonchev–Trinajstić information content (AvgIpc) is 2.70. The van der Waals surface area contributed by atoms with Crippen molar-refractivity contribution in [2.24, 2.45) is 0 Å². The fourth-order valence-corrected chi connectivity index (χ4v) is 3.61. The number of aryl methyl sites for hydroxylation is 1. The van der Waals surface area contributed by atoms with Crippen molar-refractivity contribution in [3.8, 4) is 0 Å². The molecule has 1 aliphatic heterocycles. The van der Waals surface area contributed by atoms with Crippen molar-refractivity contribution < 1.29 is 13.2 Å². The lowest BCUT2D eigenvalue weighted by atomic mass is 10.0. The first-order chi connectivity index (χ1) is 11.2. The molecule has 0 radical (unpaired) electrons. The van der Waals surface area contributed by atoms with Crippen LogP contribution < -0.4 is 9.80 Å². The van der Waals surface area contributed by atoms with Gasteiger partial charge in [0.15, 0.2) is 0 Å². The summed E-state index contributed by atoms with van der Waals surface area (Å²) in [4.78, 5) is 3.79. The number of anilines is 2. The summed E-state index contributed by atoms with van der Waals surface area (Å²) in [5.41, 5.74) is 1.23. The van der Waals surface area contributed by atoms with Gasteiger partial charge >= 0.3 is 0 Å². The molecule has 0 spiro atoms. The van der Waals surface area contributed by atoms with E-state index in [1.807, 2.05) is 43.6 Å². The molecule has 0 unspecified atom stereocenters. The van der Waals surface area contributed by atoms with Crippen molar-refractivity contribution in [2.45, 2.75) is 39.4 Å². The highest BCUT2D eigenvalue weighted by Crippen LogP contribution is 2.39. The molecule has 2 nitrogen and oxygen atoms in total. The number of nitrogens with zero attached hydrogens (tertiary/aromatic N) is 2. The standard InChI is InChI=1S/C19H21F3N2/c1-12-5-7-17(15(21)9-12)23-11-19(3,4)24(13(23)2)18-8-6-14(20)10-16(18)22/h5-10,13H,11H2,1-4H3/t13-/m0/s1. The highest BCUT2D eigenvalue weighted by Gasteiger charge is 2.44. The van der Waals surface area contributed by atoms with E-state index >= 15 is 0 Å². The molecule has 0 amide bonds. The molecule has 0 aliphatic carbocycles. The summed E-state index contributed by atoms with van der Waals surface area (Å²) in [6.07, 6.45) is -0.267. The number of hydrogen-bond acceptors (Lipinski definition) is 2. The first kappa shape index (κ1) is 16.7. The van der Waals surface area contributed by atoms with Crippen molar-refractivity contribution in [1.82, 2.24) is 0 Å². The Morgan fingerprint density at radius 2 is 1.58 bits per heavy atom. The normalized spacial score (nSPS) is 19.9. The van der Waals surface area contributed by atoms with Gasteiger partial charge in [0, 0.05) is 12.6 Å². The zero-order valence-electron chi connectivity index (χ0n) is 14.3. The van der Waals surface area contributed by atoms with Crippen molar-refractivity contribution in [1.29, 1.82) is 0 Å². The van der Waals surface area contributed by atoms with Gasteiger partial charge in [-0.15, -0.1) is 0 Å². The van der Waals surface area contributed by atoms with Gasteiger partial charge in [-0.3, -0.25) is 0 Å². The van der Waals surface area contributed by atoms with Gasteiger partial charge in [-0.2, -0.15) is 0 Å². The summed E-state index contributed by atoms with van der Waals surface area (Å²) in [5, 5.41) is 0. The van der Waals surface area contributed by atoms with E-state index in [2.05, 4.69) is 0 Å². The quantitative estimate of drug-likeness (QED) is 0.773. The van der Waals surface area contributed by atoms with E-state index in [0.29, 0.717) is 17.9 Å². The van der Waals surface area contributed by atoms with Gasteiger partial charge in [-0.05, 0) is 57.5 Å². The average molecular weight is 334 g/mol. The van der Waals surface area contributed by atoms with Crippen molar-refractivity contribution in [3.05, 3.63) is 59.4 Å². The zero-order valence-corrected chi connectivity index (χ0v) is 14.3. The molecule has 1 aliphatic rings. The molecule has 2 aromatic carbocycles. The first-order valence-electron chi connectivity index (χ1n) is 7.98. The largest absolute Gasteiger partial charge is 0.347 e. The van der Waals surface area contributed by atoms with Gasteiger partial charge in [0.2, 0.25) is 0 Å². The van der Waals surface area contributed by atoms with Crippen LogP contribution in [0.2, 0.25) is 0 Å². The monoisotopic (exact) mass is 334 g/mol. The lowest BCUT2D eigenvalue weighted by molar-refractivity contribution is 0.512. The Morgan fingerprint density at radius 3 is 2.21 bits per heavy atom. The Morgan fingerprint density at radius 1 is 0.958 bits per heavy atom. The Balaban J connectivity index is 2.03. The molecule has 0 saturated carbocycles. The topological polar surface area (TPSA) is 6.48 Å². The molecular formula is C19H21F3N2. The van der Waals surface area contributed by atoms with E-state index < -0.39 is 17.2 Å². The predicted octanol–water partition coefficient (Wildman–Crippen LogP) is 4.86. The fourth-order valence-electron chi connectivity index (χ4n) is 3.61. The zero-order chi connectivity index (χ0) is 17.6. The van der Waals surface area contributed by atoms with Crippen LogP contribution in [0.15, 0.2) is 36.4 Å². The summed E-state index contributed by atoms with van der Waals surface area (Å²) in [5.74, 6) is -1.51. The molecule has 128 valence electrons. The van der Waals surface area contributed by atoms with Crippen LogP contribution in [0, 0.1) is 24.4 Å². The third kappa shape index (κ3) is 2.72. The molecule has 1 fully saturated rings. The minimum atomic E-state index is -0.610. The highest BCUT2D eigenvalue weighted by molar-refractivity contribution is 5.60. The third-order valence-electron chi connectivity index (χ3n) is 4.62. The van der Waals surface area contributed by atoms with E-state index in [0.717, 1.165) is 11.6 Å². The fraction of sp³-hybridized carbons (Fsp3) is 0.368. The second-order valence-corrected chi connectivity index (χ2v) is 6.99. The van der Waals surface area contributed by atoms with Gasteiger partial charge in [0.05, 0.1) is 23.1 Å². The number of halogens is 3. The predicted molar refractivity (Wildman–Crippen MR) is 90.9 cm³/mol. The van der Waals surface area contributed by atoms with Crippen molar-refractivity contribution in [3.63, 3.8) is 0 Å². The van der Waals surface area contributed by atoms with E-state index in [9.17, 15) is 13.2 Å². The van der Waals surface area contributed by atoms with E-state index in [1.54, 1.807) is 6.07 Å². The first-order valence-corrected chi connectivity index (χ1v) is 7.98. The Kier molecular flexibility index (Phi) is 3.98. The molecule has 1 saturated heterocycles. The molecular weight excluding hydrogens is 313 g/mol. The Hall–Kier alpha value is -2.17. The van der Waals surface area contributed by atoms with Crippen LogP contribution in [0.1, 0.15) is 26.3 Å². The second-order valence-electron chi connectivity index (χ2n) is 6.99. The SMILES string of the molecule is Cc1ccc(N2CC(C)(C)N(c3ccc(F)cc3F)[C@H]2C)c(F)c1. The molecule has 1 atom stereocenters. The second kappa shape index (κ2) is 5.72. The minimum absolute atomic E-state index is 0.267. The molecule has 0 N–H and O–H groups in total. The number of benzene rings is 2. The highest BCUT2D eigenvalue weighted by atomic mass is 19.1. The summed E-state index contributed by atoms with van der Waals surface area (Å²) in [7, 11) is 0. The van der Waals surface area contributed by atoms with Gasteiger partial charge in [0.1, 0.15) is 17.5 Å². The van der Waals surface area contributed by atoms with E-state index in [4.69, 9.17) is 0 Å². The molecule has 24 heavy (non-hydrogen) atoms. The number of hydrogen-bond donors (Lipinski definition) is 0. The van der Waals surface area contributed by atoms with Gasteiger partial charge in [-0.25, -0.2) is 13.2 Å². The molecule has 1 heterocycles. The van der Waals surface area contributed by atoms with Crippen LogP contribution >= 0.6 is 0 Å². The number of rotatable bonds is 2. The summed E-state index contributed by atoms with van der Waals surface area (Å²) < 4.78 is 41.9. The Bertz CT molecular complexity index is 773. The molecule has 0 bridgehead atoms. The van der Waals surface area contributed by atoms with Crippen molar-refractivity contribution in [2.75, 3.05) is 16.3 Å². The molecule has 0 aromatic heterocycles. The van der Waals surface area contributed by atoms with E-state index in [1.165, 1.54) is 18.2 Å². The minimum Gasteiger partial charge on any atom is -0.347 e. The lowest BCUT2D eigenvalue weighted by Gasteiger charge is -2.36. The third-order valence-corrected chi connectivity index (χ3v) is 4.62. The maximum Gasteiger partial charge on any atom is 0.149 e. The maximum absolute atomic E-state index is 14.4. The summed E-state index contributed by atoms with van der Waals surface area (Å²) >= 11 is 0. The summed E-state index contributed by atoms with van der Waals surface area (Å²) in [6, 6.07) is 8.68. The molecule has 3 rings (SSSR count). The van der Waals surface area contributed by atoms with Gasteiger partial charge in [-0.1, -0.05) is 6.07 Å². The van der Waals surface area contributed by atoms with E-state index in [-0.39, 0.29) is 12.0 Å². The van der Waals surface area contributed by atoms with Crippen LogP contribution in [-0.4, -0.2) is 18.2 Å². The van der Waals surface area contributed by atoms with Crippen LogP contribution in [0.5, 0.6) is 0 Å². The van der Waals surface area contributed by atoms with Crippen LogP contribution in [0.4, 0.5) is 24.5 Å². The smallest absolute Gasteiger partial charge is 0.149 e. The van der Waals surface area contributed by atoms with Gasteiger partial charge < -0.3 is 9.80 Å². The molecule has 5 heteroatoms. The summed E-state index contributed by atoms with van der Waals surface area (Å²) in [6.45, 7) is 8.21. The van der Waals surface area contributed by atoms with Crippen LogP contribution in [0.25, 0.3) is 0 Å². The van der Waals surface area contributed by atoms with Crippen molar-refractivity contribution >= 4 is 11.4 Å². The van der Waals surface area contributed by atoms with Crippen LogP contribution in [-0.2, 0) is 0 Å².